The van der Waals surface area contributed by atoms with Crippen LogP contribution in [0.15, 0.2) is 4.99 Å². The Bertz CT molecular complexity index is 265. The van der Waals surface area contributed by atoms with Crippen molar-refractivity contribution in [2.45, 2.75) is 32.7 Å². The van der Waals surface area contributed by atoms with E-state index in [1.165, 1.54) is 0 Å². The highest BCUT2D eigenvalue weighted by atomic mass is 16.5. The van der Waals surface area contributed by atoms with Crippen LogP contribution in [0.3, 0.4) is 0 Å². The fourth-order valence-electron chi connectivity index (χ4n) is 0.981. The van der Waals surface area contributed by atoms with Crippen molar-refractivity contribution in [3.05, 3.63) is 0 Å². The zero-order chi connectivity index (χ0) is 13.3. The van der Waals surface area contributed by atoms with Crippen LogP contribution in [0, 0.1) is 0 Å². The van der Waals surface area contributed by atoms with Gasteiger partial charge in [-0.25, -0.2) is 5.84 Å². The Morgan fingerprint density at radius 2 is 2.12 bits per heavy atom. The number of rotatable bonds is 7. The Morgan fingerprint density at radius 1 is 1.47 bits per heavy atom. The molecule has 0 saturated heterocycles. The highest BCUT2D eigenvalue weighted by Crippen LogP contribution is 1.99. The van der Waals surface area contributed by atoms with Crippen molar-refractivity contribution >= 4 is 11.9 Å². The third-order valence-electron chi connectivity index (χ3n) is 2.10. The first-order valence-corrected chi connectivity index (χ1v) is 5.61. The second-order valence-corrected chi connectivity index (χ2v) is 4.04. The number of guanidine groups is 1. The maximum absolute atomic E-state index is 11.1. The molecular weight excluding hydrogens is 222 g/mol. The van der Waals surface area contributed by atoms with E-state index in [0.29, 0.717) is 25.7 Å². The lowest BCUT2D eigenvalue weighted by Gasteiger charge is -2.24. The van der Waals surface area contributed by atoms with Gasteiger partial charge in [0.15, 0.2) is 0 Å². The predicted octanol–water partition coefficient (Wildman–Crippen LogP) is -0.914. The average Bonchev–Trinajstić information content (AvgIpc) is 2.26. The number of hydrazine groups is 1. The van der Waals surface area contributed by atoms with E-state index in [9.17, 15) is 4.79 Å². The lowest BCUT2D eigenvalue weighted by atomic mass is 10.1. The third-order valence-corrected chi connectivity index (χ3v) is 2.10. The molecule has 0 aromatic heterocycles. The van der Waals surface area contributed by atoms with Crippen LogP contribution in [0.4, 0.5) is 0 Å². The van der Waals surface area contributed by atoms with Crippen molar-refractivity contribution in [3.63, 3.8) is 0 Å². The molecule has 0 unspecified atom stereocenters. The van der Waals surface area contributed by atoms with Gasteiger partial charge < -0.3 is 15.8 Å². The average molecular weight is 245 g/mol. The van der Waals surface area contributed by atoms with Crippen LogP contribution < -0.4 is 22.3 Å². The number of nitrogens with zero attached hydrogens (tertiary/aromatic N) is 1. The number of primary amides is 1. The van der Waals surface area contributed by atoms with E-state index in [4.69, 9.17) is 16.3 Å². The van der Waals surface area contributed by atoms with Gasteiger partial charge in [-0.2, -0.15) is 0 Å². The monoisotopic (exact) mass is 245 g/mol. The summed E-state index contributed by atoms with van der Waals surface area (Å²) in [5.74, 6) is 5.16. The van der Waals surface area contributed by atoms with Gasteiger partial charge in [-0.1, -0.05) is 0 Å². The van der Waals surface area contributed by atoms with Crippen LogP contribution >= 0.6 is 0 Å². The lowest BCUT2D eigenvalue weighted by Crippen LogP contribution is -2.57. The first-order chi connectivity index (χ1) is 7.94. The summed E-state index contributed by atoms with van der Waals surface area (Å²) >= 11 is 0. The van der Waals surface area contributed by atoms with E-state index in [1.54, 1.807) is 13.8 Å². The Labute approximate surface area is 102 Å². The van der Waals surface area contributed by atoms with Crippen LogP contribution in [0.2, 0.25) is 0 Å². The topological polar surface area (TPSA) is 115 Å². The van der Waals surface area contributed by atoms with Crippen LogP contribution in [0.1, 0.15) is 27.2 Å². The normalized spacial score (nSPS) is 12.4. The van der Waals surface area contributed by atoms with Crippen LogP contribution in [-0.2, 0) is 9.53 Å². The molecule has 0 aliphatic rings. The van der Waals surface area contributed by atoms with Gasteiger partial charge in [0.05, 0.1) is 0 Å². The number of carbonyl (C=O) groups is 1. The second kappa shape index (κ2) is 7.86. The fraction of sp³-hybridized carbons (Fsp3) is 0.800. The quantitative estimate of drug-likeness (QED) is 0.152. The molecule has 0 aromatic carbocycles. The van der Waals surface area contributed by atoms with Crippen molar-refractivity contribution in [3.8, 4) is 0 Å². The molecule has 0 atom stereocenters. The van der Waals surface area contributed by atoms with E-state index in [1.807, 2.05) is 6.92 Å². The fourth-order valence-corrected chi connectivity index (χ4v) is 0.981. The van der Waals surface area contributed by atoms with Gasteiger partial charge in [0.1, 0.15) is 5.54 Å². The first-order valence-electron chi connectivity index (χ1n) is 5.61. The first kappa shape index (κ1) is 15.7. The lowest BCUT2D eigenvalue weighted by molar-refractivity contribution is -0.122. The summed E-state index contributed by atoms with van der Waals surface area (Å²) < 4.78 is 5.17. The SMILES string of the molecule is CCOCCCN=C(NN)NC(C)(C)C(N)=O. The summed E-state index contributed by atoms with van der Waals surface area (Å²) in [5, 5.41) is 2.83. The number of nitrogens with two attached hydrogens (primary N) is 2. The molecule has 100 valence electrons. The molecule has 0 fully saturated rings. The highest BCUT2D eigenvalue weighted by molar-refractivity contribution is 5.90. The summed E-state index contributed by atoms with van der Waals surface area (Å²) in [6, 6.07) is 0. The molecule has 0 spiro atoms. The molecule has 0 saturated carbocycles. The van der Waals surface area contributed by atoms with E-state index < -0.39 is 11.4 Å². The Hall–Kier alpha value is -1.34. The van der Waals surface area contributed by atoms with Crippen molar-refractivity contribution < 1.29 is 9.53 Å². The smallest absolute Gasteiger partial charge is 0.242 e. The molecular formula is C10H23N5O2. The molecule has 17 heavy (non-hydrogen) atoms. The molecule has 7 heteroatoms. The van der Waals surface area contributed by atoms with Crippen LogP contribution in [0.25, 0.3) is 0 Å². The van der Waals surface area contributed by atoms with Crippen molar-refractivity contribution in [2.75, 3.05) is 19.8 Å². The number of hydrogen-bond acceptors (Lipinski definition) is 4. The molecule has 0 rings (SSSR count). The van der Waals surface area contributed by atoms with E-state index >= 15 is 0 Å². The van der Waals surface area contributed by atoms with Crippen LogP contribution in [0.5, 0.6) is 0 Å². The Kier molecular flexibility index (Phi) is 7.24. The predicted molar refractivity (Wildman–Crippen MR) is 67.1 cm³/mol. The Balaban J connectivity index is 4.14. The maximum atomic E-state index is 11.1. The number of ether oxygens (including phenoxy) is 1. The summed E-state index contributed by atoms with van der Waals surface area (Å²) in [5.41, 5.74) is 6.72. The molecule has 0 bridgehead atoms. The number of carbonyl (C=O) groups excluding carboxylic acids is 1. The highest BCUT2D eigenvalue weighted by Gasteiger charge is 2.25. The summed E-state index contributed by atoms with van der Waals surface area (Å²) in [4.78, 5) is 15.3. The Morgan fingerprint density at radius 3 is 2.59 bits per heavy atom. The van der Waals surface area contributed by atoms with Crippen molar-refractivity contribution in [2.24, 2.45) is 16.6 Å². The largest absolute Gasteiger partial charge is 0.382 e. The van der Waals surface area contributed by atoms with Crippen molar-refractivity contribution in [1.29, 1.82) is 0 Å². The van der Waals surface area contributed by atoms with Gasteiger partial charge >= 0.3 is 0 Å². The number of amides is 1. The van der Waals surface area contributed by atoms with Gasteiger partial charge in [0, 0.05) is 19.8 Å². The molecule has 7 nitrogen and oxygen atoms in total. The summed E-state index contributed by atoms with van der Waals surface area (Å²) in [6.07, 6.45) is 0.789. The molecule has 6 N–H and O–H groups in total. The standard InChI is InChI=1S/C10H23N5O2/c1-4-17-7-5-6-13-9(15-12)14-10(2,3)8(11)16/h4-7,12H2,1-3H3,(H2,11,16)(H2,13,14,15). The summed E-state index contributed by atoms with van der Waals surface area (Å²) in [6.45, 7) is 7.15. The molecule has 0 aliphatic carbocycles. The minimum absolute atomic E-state index is 0.338. The van der Waals surface area contributed by atoms with E-state index in [2.05, 4.69) is 15.7 Å². The molecule has 1 amide bonds. The van der Waals surface area contributed by atoms with Gasteiger partial charge in [-0.3, -0.25) is 15.2 Å². The molecule has 0 aromatic rings. The van der Waals surface area contributed by atoms with Gasteiger partial charge in [-0.15, -0.1) is 0 Å². The molecule has 0 radical (unpaired) electrons. The number of aliphatic imine (C=N–C) groups is 1. The molecule has 0 aliphatic heterocycles. The number of hydrogen-bond donors (Lipinski definition) is 4. The van der Waals surface area contributed by atoms with Gasteiger partial charge in [0.2, 0.25) is 11.9 Å². The minimum atomic E-state index is -0.898. The van der Waals surface area contributed by atoms with E-state index in [0.717, 1.165) is 6.42 Å². The zero-order valence-corrected chi connectivity index (χ0v) is 10.7. The molecule has 0 heterocycles. The zero-order valence-electron chi connectivity index (χ0n) is 10.7. The van der Waals surface area contributed by atoms with E-state index in [-0.39, 0.29) is 0 Å². The summed E-state index contributed by atoms with van der Waals surface area (Å²) in [7, 11) is 0. The van der Waals surface area contributed by atoms with Gasteiger partial charge in [0.25, 0.3) is 0 Å². The third kappa shape index (κ3) is 6.75. The van der Waals surface area contributed by atoms with Crippen molar-refractivity contribution in [1.82, 2.24) is 10.7 Å². The number of nitrogens with one attached hydrogen (secondary N) is 2. The second-order valence-electron chi connectivity index (χ2n) is 4.04. The van der Waals surface area contributed by atoms with Crippen LogP contribution in [-0.4, -0.2) is 37.2 Å². The minimum Gasteiger partial charge on any atom is -0.382 e. The maximum Gasteiger partial charge on any atom is 0.242 e. The van der Waals surface area contributed by atoms with Gasteiger partial charge in [-0.05, 0) is 27.2 Å².